The summed E-state index contributed by atoms with van der Waals surface area (Å²) in [6, 6.07) is 14.5. The van der Waals surface area contributed by atoms with Crippen LogP contribution in [0, 0.1) is 6.92 Å². The highest BCUT2D eigenvalue weighted by Gasteiger charge is 2.34. The summed E-state index contributed by atoms with van der Waals surface area (Å²) in [6.45, 7) is 6.92. The molecular weight excluding hydrogens is 380 g/mol. The van der Waals surface area contributed by atoms with Crippen molar-refractivity contribution in [3.05, 3.63) is 65.0 Å². The molecule has 28 heavy (non-hydrogen) atoms. The van der Waals surface area contributed by atoms with E-state index in [2.05, 4.69) is 10.2 Å². The number of esters is 1. The third-order valence-corrected chi connectivity index (χ3v) is 4.30. The molecule has 6 nitrogen and oxygen atoms in total. The van der Waals surface area contributed by atoms with E-state index in [9.17, 15) is 4.79 Å². The molecule has 0 amide bonds. The van der Waals surface area contributed by atoms with Gasteiger partial charge in [-0.2, -0.15) is 0 Å². The van der Waals surface area contributed by atoms with Gasteiger partial charge >= 0.3 is 5.97 Å². The predicted octanol–water partition coefficient (Wildman–Crippen LogP) is 5.16. The first-order valence-electron chi connectivity index (χ1n) is 8.81. The Balaban J connectivity index is 1.66. The Morgan fingerprint density at radius 2 is 1.71 bits per heavy atom. The van der Waals surface area contributed by atoms with Gasteiger partial charge in [0.15, 0.2) is 11.7 Å². The predicted molar refractivity (Wildman–Crippen MR) is 105 cm³/mol. The molecule has 0 fully saturated rings. The van der Waals surface area contributed by atoms with Crippen LogP contribution in [0.3, 0.4) is 0 Å². The SMILES string of the molecule is Cc1ccc(-c2nnc([C@@H](C)OC(=O)C(C)(C)Oc3ccc(Cl)cc3)o2)cc1. The van der Waals surface area contributed by atoms with Gasteiger partial charge in [0.1, 0.15) is 5.75 Å². The summed E-state index contributed by atoms with van der Waals surface area (Å²) < 4.78 is 16.9. The number of carbonyl (C=O) groups is 1. The Kier molecular flexibility index (Phi) is 5.70. The largest absolute Gasteiger partial charge is 0.476 e. The zero-order chi connectivity index (χ0) is 20.3. The highest BCUT2D eigenvalue weighted by Crippen LogP contribution is 2.26. The lowest BCUT2D eigenvalue weighted by Crippen LogP contribution is -2.40. The Morgan fingerprint density at radius 1 is 1.07 bits per heavy atom. The van der Waals surface area contributed by atoms with Crippen molar-refractivity contribution in [2.75, 3.05) is 0 Å². The van der Waals surface area contributed by atoms with Gasteiger partial charge in [0.05, 0.1) is 0 Å². The van der Waals surface area contributed by atoms with Crippen molar-refractivity contribution < 1.29 is 18.7 Å². The lowest BCUT2D eigenvalue weighted by atomic mass is 10.1. The maximum Gasteiger partial charge on any atom is 0.350 e. The standard InChI is InChI=1S/C21H21ClN2O4/c1-13-5-7-15(8-6-13)19-24-23-18(27-19)14(2)26-20(25)21(3,4)28-17-11-9-16(22)10-12-17/h5-12,14H,1-4H3/t14-/m1/s1. The Bertz CT molecular complexity index is 949. The van der Waals surface area contributed by atoms with Crippen molar-refractivity contribution in [2.45, 2.75) is 39.4 Å². The maximum atomic E-state index is 12.6. The van der Waals surface area contributed by atoms with E-state index in [1.165, 1.54) is 0 Å². The molecule has 7 heteroatoms. The van der Waals surface area contributed by atoms with Gasteiger partial charge in [0.2, 0.25) is 5.89 Å². The molecule has 1 atom stereocenters. The summed E-state index contributed by atoms with van der Waals surface area (Å²) in [4.78, 5) is 12.6. The maximum absolute atomic E-state index is 12.6. The molecule has 0 bridgehead atoms. The van der Waals surface area contributed by atoms with Crippen molar-refractivity contribution in [1.29, 1.82) is 0 Å². The highest BCUT2D eigenvalue weighted by atomic mass is 35.5. The Morgan fingerprint density at radius 3 is 2.36 bits per heavy atom. The second-order valence-electron chi connectivity index (χ2n) is 6.93. The summed E-state index contributed by atoms with van der Waals surface area (Å²) in [5.74, 6) is 0.546. The highest BCUT2D eigenvalue weighted by molar-refractivity contribution is 6.30. The summed E-state index contributed by atoms with van der Waals surface area (Å²) >= 11 is 5.87. The number of carbonyl (C=O) groups excluding carboxylic acids is 1. The molecule has 0 aliphatic heterocycles. The number of nitrogens with zero attached hydrogens (tertiary/aromatic N) is 2. The second-order valence-corrected chi connectivity index (χ2v) is 7.36. The van der Waals surface area contributed by atoms with Crippen molar-refractivity contribution in [2.24, 2.45) is 0 Å². The fraction of sp³-hybridized carbons (Fsp3) is 0.286. The van der Waals surface area contributed by atoms with Crippen LogP contribution in [0.25, 0.3) is 11.5 Å². The molecule has 0 aliphatic rings. The van der Waals surface area contributed by atoms with Crippen molar-refractivity contribution >= 4 is 17.6 Å². The fourth-order valence-electron chi connectivity index (χ4n) is 2.40. The van der Waals surface area contributed by atoms with E-state index < -0.39 is 17.7 Å². The van der Waals surface area contributed by atoms with E-state index in [1.807, 2.05) is 31.2 Å². The third kappa shape index (κ3) is 4.70. The van der Waals surface area contributed by atoms with Crippen LogP contribution in [0.1, 0.15) is 38.3 Å². The van der Waals surface area contributed by atoms with Crippen LogP contribution in [0.4, 0.5) is 0 Å². The molecule has 0 spiro atoms. The van der Waals surface area contributed by atoms with Crippen molar-refractivity contribution in [3.8, 4) is 17.2 Å². The van der Waals surface area contributed by atoms with Crippen LogP contribution < -0.4 is 4.74 Å². The molecule has 2 aromatic carbocycles. The van der Waals surface area contributed by atoms with Gasteiger partial charge in [-0.3, -0.25) is 0 Å². The van der Waals surface area contributed by atoms with E-state index in [4.69, 9.17) is 25.5 Å². The molecular formula is C21H21ClN2O4. The molecule has 1 heterocycles. The molecule has 0 aliphatic carbocycles. The van der Waals surface area contributed by atoms with Gasteiger partial charge < -0.3 is 13.9 Å². The Labute approximate surface area is 168 Å². The second kappa shape index (κ2) is 8.02. The summed E-state index contributed by atoms with van der Waals surface area (Å²) in [6.07, 6.45) is -0.715. The van der Waals surface area contributed by atoms with Gasteiger partial charge in [-0.15, -0.1) is 10.2 Å². The lowest BCUT2D eigenvalue weighted by molar-refractivity contribution is -0.165. The topological polar surface area (TPSA) is 74.5 Å². The summed E-state index contributed by atoms with van der Waals surface area (Å²) in [5.41, 5.74) is 0.727. The van der Waals surface area contributed by atoms with E-state index in [0.29, 0.717) is 16.7 Å². The monoisotopic (exact) mass is 400 g/mol. The number of hydrogen-bond acceptors (Lipinski definition) is 6. The van der Waals surface area contributed by atoms with Crippen LogP contribution in [-0.4, -0.2) is 21.8 Å². The zero-order valence-electron chi connectivity index (χ0n) is 16.1. The van der Waals surface area contributed by atoms with Gasteiger partial charge in [0, 0.05) is 10.6 Å². The molecule has 0 saturated carbocycles. The number of benzene rings is 2. The molecule has 0 radical (unpaired) electrons. The minimum atomic E-state index is -1.21. The number of halogens is 1. The number of ether oxygens (including phenoxy) is 2. The van der Waals surface area contributed by atoms with E-state index in [0.717, 1.165) is 11.1 Å². The van der Waals surface area contributed by atoms with Gasteiger partial charge in [-0.25, -0.2) is 4.79 Å². The number of aryl methyl sites for hydroxylation is 1. The van der Waals surface area contributed by atoms with Crippen LogP contribution in [0.5, 0.6) is 5.75 Å². The first-order chi connectivity index (χ1) is 13.2. The molecule has 1 aromatic heterocycles. The lowest BCUT2D eigenvalue weighted by Gasteiger charge is -2.25. The summed E-state index contributed by atoms with van der Waals surface area (Å²) in [5, 5.41) is 8.61. The van der Waals surface area contributed by atoms with Crippen LogP contribution in [-0.2, 0) is 9.53 Å². The Hall–Kier alpha value is -2.86. The molecule has 0 unspecified atom stereocenters. The van der Waals surface area contributed by atoms with E-state index in [-0.39, 0.29) is 5.89 Å². The minimum Gasteiger partial charge on any atom is -0.476 e. The van der Waals surface area contributed by atoms with Gasteiger partial charge in [-0.1, -0.05) is 29.3 Å². The van der Waals surface area contributed by atoms with Crippen LogP contribution in [0.15, 0.2) is 52.9 Å². The van der Waals surface area contributed by atoms with Gasteiger partial charge in [0.25, 0.3) is 5.89 Å². The number of rotatable bonds is 6. The quantitative estimate of drug-likeness (QED) is 0.532. The van der Waals surface area contributed by atoms with Crippen LogP contribution >= 0.6 is 11.6 Å². The number of hydrogen-bond donors (Lipinski definition) is 0. The van der Waals surface area contributed by atoms with Gasteiger partial charge in [-0.05, 0) is 64.1 Å². The van der Waals surface area contributed by atoms with Crippen LogP contribution in [0.2, 0.25) is 5.02 Å². The zero-order valence-corrected chi connectivity index (χ0v) is 16.9. The average molecular weight is 401 g/mol. The normalized spacial score (nSPS) is 12.5. The first kappa shape index (κ1) is 19.9. The smallest absolute Gasteiger partial charge is 0.350 e. The van der Waals surface area contributed by atoms with E-state index >= 15 is 0 Å². The molecule has 0 N–H and O–H groups in total. The minimum absolute atomic E-state index is 0.214. The summed E-state index contributed by atoms with van der Waals surface area (Å²) in [7, 11) is 0. The number of aromatic nitrogens is 2. The molecule has 3 rings (SSSR count). The van der Waals surface area contributed by atoms with Crippen molar-refractivity contribution in [3.63, 3.8) is 0 Å². The molecule has 3 aromatic rings. The third-order valence-electron chi connectivity index (χ3n) is 4.05. The fourth-order valence-corrected chi connectivity index (χ4v) is 2.53. The van der Waals surface area contributed by atoms with Crippen molar-refractivity contribution in [1.82, 2.24) is 10.2 Å². The molecule has 146 valence electrons. The average Bonchev–Trinajstić information content (AvgIpc) is 3.14. The first-order valence-corrected chi connectivity index (χ1v) is 9.18. The van der Waals surface area contributed by atoms with E-state index in [1.54, 1.807) is 45.0 Å². The molecule has 0 saturated heterocycles.